The number of nitrogens with one attached hydrogen (secondary N) is 2. The number of aryl methyl sites for hydroxylation is 2. The number of anilines is 1. The van der Waals surface area contributed by atoms with Crippen molar-refractivity contribution in [2.75, 3.05) is 18.9 Å². The van der Waals surface area contributed by atoms with Crippen LogP contribution in [0.2, 0.25) is 0 Å². The molecule has 3 nitrogen and oxygen atoms in total. The maximum atomic E-state index is 9.13. The number of nitriles is 1. The smallest absolute Gasteiger partial charge is 0.0947 e. The van der Waals surface area contributed by atoms with Crippen molar-refractivity contribution < 1.29 is 0 Å². The van der Waals surface area contributed by atoms with Gasteiger partial charge in [0, 0.05) is 17.0 Å². The van der Waals surface area contributed by atoms with Crippen molar-refractivity contribution in [2.24, 2.45) is 5.92 Å². The fourth-order valence-corrected chi connectivity index (χ4v) is 3.91. The Balaban J connectivity index is 2.16. The summed E-state index contributed by atoms with van der Waals surface area (Å²) in [6.07, 6.45) is 15.4. The summed E-state index contributed by atoms with van der Waals surface area (Å²) in [6, 6.07) is 9.03. The lowest BCUT2D eigenvalue weighted by atomic mass is 9.83. The Morgan fingerprint density at radius 2 is 2.06 bits per heavy atom. The summed E-state index contributed by atoms with van der Waals surface area (Å²) in [4.78, 5) is 0. The van der Waals surface area contributed by atoms with Gasteiger partial charge in [0.1, 0.15) is 0 Å². The van der Waals surface area contributed by atoms with Gasteiger partial charge >= 0.3 is 0 Å². The molecule has 1 atom stereocenters. The topological polar surface area (TPSA) is 47.8 Å². The maximum absolute atomic E-state index is 9.13. The van der Waals surface area contributed by atoms with Gasteiger partial charge in [0.25, 0.3) is 0 Å². The number of hydrogen-bond donors (Lipinski definition) is 2. The average Bonchev–Trinajstić information content (AvgIpc) is 2.80. The molecule has 0 aliphatic heterocycles. The molecule has 0 fully saturated rings. The van der Waals surface area contributed by atoms with Gasteiger partial charge in [0.2, 0.25) is 0 Å². The van der Waals surface area contributed by atoms with Crippen LogP contribution in [-0.4, -0.2) is 13.6 Å². The summed E-state index contributed by atoms with van der Waals surface area (Å²) in [5.74, 6) is 0.545. The number of nitrogens with zero attached hydrogens (tertiary/aromatic N) is 1. The van der Waals surface area contributed by atoms with Crippen molar-refractivity contribution in [3.8, 4) is 6.07 Å². The van der Waals surface area contributed by atoms with Crippen molar-refractivity contribution in [2.45, 2.75) is 52.9 Å². The van der Waals surface area contributed by atoms with Crippen molar-refractivity contribution in [1.29, 1.82) is 5.26 Å². The van der Waals surface area contributed by atoms with Crippen LogP contribution in [0, 0.1) is 24.2 Å². The highest BCUT2D eigenvalue weighted by Crippen LogP contribution is 2.30. The Morgan fingerprint density at radius 3 is 2.68 bits per heavy atom. The van der Waals surface area contributed by atoms with Crippen LogP contribution in [-0.2, 0) is 6.42 Å². The van der Waals surface area contributed by atoms with Crippen LogP contribution >= 0.6 is 0 Å². The van der Waals surface area contributed by atoms with E-state index in [1.807, 2.05) is 32.2 Å². The zero-order valence-corrected chi connectivity index (χ0v) is 19.6. The molecule has 1 aromatic rings. The lowest BCUT2D eigenvalue weighted by Gasteiger charge is -2.23. The van der Waals surface area contributed by atoms with Crippen LogP contribution in [0.25, 0.3) is 0 Å². The van der Waals surface area contributed by atoms with E-state index in [-0.39, 0.29) is 0 Å². The summed E-state index contributed by atoms with van der Waals surface area (Å²) in [5, 5.41) is 16.0. The predicted molar refractivity (Wildman–Crippen MR) is 134 cm³/mol. The lowest BCUT2D eigenvalue weighted by molar-refractivity contribution is 0.488. The largest absolute Gasteiger partial charge is 0.355 e. The fraction of sp³-hybridized carbons (Fsp3) is 0.393. The molecule has 31 heavy (non-hydrogen) atoms. The van der Waals surface area contributed by atoms with Crippen LogP contribution in [0.1, 0.15) is 50.7 Å². The first-order valence-electron chi connectivity index (χ1n) is 11.3. The third kappa shape index (κ3) is 7.42. The van der Waals surface area contributed by atoms with E-state index < -0.39 is 0 Å². The van der Waals surface area contributed by atoms with Gasteiger partial charge in [0.15, 0.2) is 0 Å². The van der Waals surface area contributed by atoms with E-state index in [2.05, 4.69) is 67.5 Å². The Hall–Kier alpha value is -2.83. The highest BCUT2D eigenvalue weighted by atomic mass is 14.9. The van der Waals surface area contributed by atoms with Crippen molar-refractivity contribution >= 4 is 5.69 Å². The van der Waals surface area contributed by atoms with Crippen LogP contribution in [0.15, 0.2) is 77.6 Å². The molecule has 0 heterocycles. The zero-order valence-electron chi connectivity index (χ0n) is 19.6. The van der Waals surface area contributed by atoms with Gasteiger partial charge in [-0.25, -0.2) is 0 Å². The molecule has 0 amide bonds. The lowest BCUT2D eigenvalue weighted by Crippen LogP contribution is -2.16. The summed E-state index contributed by atoms with van der Waals surface area (Å²) < 4.78 is 0. The molecule has 0 radical (unpaired) electrons. The molecular weight excluding hydrogens is 378 g/mol. The first kappa shape index (κ1) is 24.4. The Bertz CT molecular complexity index is 922. The van der Waals surface area contributed by atoms with E-state index in [0.717, 1.165) is 61.2 Å². The third-order valence-corrected chi connectivity index (χ3v) is 6.01. The number of benzene rings is 1. The normalized spacial score (nSPS) is 15.6. The molecule has 0 aromatic heterocycles. The van der Waals surface area contributed by atoms with Crippen molar-refractivity contribution in [1.82, 2.24) is 5.32 Å². The molecule has 0 saturated carbocycles. The third-order valence-electron chi connectivity index (χ3n) is 6.01. The minimum Gasteiger partial charge on any atom is -0.355 e. The van der Waals surface area contributed by atoms with E-state index in [0.29, 0.717) is 5.92 Å². The van der Waals surface area contributed by atoms with E-state index in [4.69, 9.17) is 5.26 Å². The minimum absolute atomic E-state index is 0.545. The molecule has 3 heteroatoms. The molecule has 1 aliphatic carbocycles. The quantitative estimate of drug-likeness (QED) is 0.392. The first-order chi connectivity index (χ1) is 15.0. The van der Waals surface area contributed by atoms with Gasteiger partial charge < -0.3 is 10.6 Å². The van der Waals surface area contributed by atoms with Crippen LogP contribution in [0.3, 0.4) is 0 Å². The highest BCUT2D eigenvalue weighted by molar-refractivity contribution is 5.59. The molecule has 1 aliphatic rings. The summed E-state index contributed by atoms with van der Waals surface area (Å²) in [5.41, 5.74) is 8.32. The minimum atomic E-state index is 0.545. The zero-order chi connectivity index (χ0) is 22.6. The molecule has 2 rings (SSSR count). The molecular formula is C28H37N3. The molecule has 0 saturated heterocycles. The second-order valence-corrected chi connectivity index (χ2v) is 8.25. The fourth-order valence-electron chi connectivity index (χ4n) is 3.91. The Morgan fingerprint density at radius 1 is 1.26 bits per heavy atom. The SMILES string of the molecule is C=C/C(C)=C(\C=C/C)Nc1cc(CCC(CCNC)C2=CC=C(C#N)CC2)ccc1C. The van der Waals surface area contributed by atoms with Crippen molar-refractivity contribution in [3.63, 3.8) is 0 Å². The maximum Gasteiger partial charge on any atom is 0.0947 e. The van der Waals surface area contributed by atoms with Gasteiger partial charge in [-0.2, -0.15) is 5.26 Å². The molecule has 164 valence electrons. The van der Waals surface area contributed by atoms with E-state index in [1.54, 1.807) is 0 Å². The summed E-state index contributed by atoms with van der Waals surface area (Å²) in [7, 11) is 2.01. The van der Waals surface area contributed by atoms with Crippen LogP contribution < -0.4 is 10.6 Å². The number of rotatable bonds is 11. The second kappa shape index (κ2) is 12.8. The molecule has 0 bridgehead atoms. The average molecular weight is 416 g/mol. The van der Waals surface area contributed by atoms with Gasteiger partial charge in [-0.15, -0.1) is 0 Å². The predicted octanol–water partition coefficient (Wildman–Crippen LogP) is 6.77. The summed E-state index contributed by atoms with van der Waals surface area (Å²) in [6.45, 7) is 11.2. The highest BCUT2D eigenvalue weighted by Gasteiger charge is 2.17. The van der Waals surface area contributed by atoms with E-state index >= 15 is 0 Å². The number of hydrogen-bond acceptors (Lipinski definition) is 3. The Labute approximate surface area is 188 Å². The van der Waals surface area contributed by atoms with Crippen LogP contribution in [0.5, 0.6) is 0 Å². The van der Waals surface area contributed by atoms with E-state index in [9.17, 15) is 0 Å². The molecule has 1 aromatic carbocycles. The van der Waals surface area contributed by atoms with Crippen LogP contribution in [0.4, 0.5) is 5.69 Å². The Kier molecular flexibility index (Phi) is 10.1. The van der Waals surface area contributed by atoms with Gasteiger partial charge in [0.05, 0.1) is 6.07 Å². The number of allylic oxidation sites excluding steroid dienone is 8. The first-order valence-corrected chi connectivity index (χ1v) is 11.3. The monoisotopic (exact) mass is 415 g/mol. The second-order valence-electron chi connectivity index (χ2n) is 8.25. The van der Waals surface area contributed by atoms with E-state index in [1.165, 1.54) is 16.7 Å². The summed E-state index contributed by atoms with van der Waals surface area (Å²) >= 11 is 0. The van der Waals surface area contributed by atoms with Crippen molar-refractivity contribution in [3.05, 3.63) is 88.7 Å². The van der Waals surface area contributed by atoms with Gasteiger partial charge in [-0.1, -0.05) is 42.5 Å². The van der Waals surface area contributed by atoms with Gasteiger partial charge in [-0.3, -0.25) is 0 Å². The molecule has 1 unspecified atom stereocenters. The molecule has 2 N–H and O–H groups in total. The molecule has 0 spiro atoms. The van der Waals surface area contributed by atoms with Gasteiger partial charge in [-0.05, 0) is 107 Å². The standard InChI is InChI=1S/C28H37N3/c1-6-8-27(21(3)7-2)31-28-19-23(10-9-22(28)4)11-14-26(17-18-30-5)25-15-12-24(20-29)13-16-25/h6-10,12,15,19,26,30-31H,2,11,13-14,16-18H2,1,3-5H3/b8-6-,27-21+.